The van der Waals surface area contributed by atoms with Gasteiger partial charge in [-0.1, -0.05) is 48.0 Å². The Morgan fingerprint density at radius 2 is 1.64 bits per heavy atom. The quantitative estimate of drug-likeness (QED) is 0.478. The highest BCUT2D eigenvalue weighted by Crippen LogP contribution is 2.21. The molecular formula is C22H14F2N2O2. The molecule has 0 radical (unpaired) electrons. The van der Waals surface area contributed by atoms with Gasteiger partial charge in [-0.3, -0.25) is 0 Å². The van der Waals surface area contributed by atoms with Crippen molar-refractivity contribution in [2.24, 2.45) is 0 Å². The molecule has 28 heavy (non-hydrogen) atoms. The number of nitrogens with zero attached hydrogens (tertiary/aromatic N) is 2. The van der Waals surface area contributed by atoms with E-state index in [1.54, 1.807) is 6.07 Å². The lowest BCUT2D eigenvalue weighted by Crippen LogP contribution is -2.11. The minimum atomic E-state index is -1.10. The Hall–Kier alpha value is -3.85. The van der Waals surface area contributed by atoms with Crippen molar-refractivity contribution in [3.05, 3.63) is 94.3 Å². The second kappa shape index (κ2) is 8.23. The lowest BCUT2D eigenvalue weighted by Gasteiger charge is -2.05. The molecule has 4 nitrogen and oxygen atoms in total. The largest absolute Gasteiger partial charge is 0.422 e. The van der Waals surface area contributed by atoms with Crippen molar-refractivity contribution >= 4 is 18.1 Å². The van der Waals surface area contributed by atoms with E-state index >= 15 is 0 Å². The van der Waals surface area contributed by atoms with Crippen molar-refractivity contribution in [3.63, 3.8) is 0 Å². The van der Waals surface area contributed by atoms with Gasteiger partial charge < -0.3 is 4.74 Å². The van der Waals surface area contributed by atoms with E-state index in [4.69, 9.17) is 10.00 Å². The molecule has 0 atom stereocenters. The van der Waals surface area contributed by atoms with Gasteiger partial charge in [0.15, 0.2) is 0 Å². The van der Waals surface area contributed by atoms with Crippen molar-refractivity contribution in [2.75, 3.05) is 0 Å². The normalized spacial score (nSPS) is 10.6. The fourth-order valence-electron chi connectivity index (χ4n) is 2.37. The molecule has 0 saturated heterocycles. The van der Waals surface area contributed by atoms with Crippen LogP contribution in [0.4, 0.5) is 8.78 Å². The highest BCUT2D eigenvalue weighted by atomic mass is 19.1. The van der Waals surface area contributed by atoms with Crippen molar-refractivity contribution < 1.29 is 18.3 Å². The Balaban J connectivity index is 1.70. The number of ether oxygens (including phenoxy) is 1. The van der Waals surface area contributed by atoms with Crippen LogP contribution < -0.4 is 4.74 Å². The number of carbonyl (C=O) groups is 1. The maximum atomic E-state index is 13.6. The third-order valence-electron chi connectivity index (χ3n) is 3.88. The summed E-state index contributed by atoms with van der Waals surface area (Å²) in [5, 5.41) is 8.65. The van der Waals surface area contributed by atoms with Crippen molar-refractivity contribution in [1.29, 1.82) is 5.26 Å². The summed E-state index contributed by atoms with van der Waals surface area (Å²) in [5.41, 5.74) is 2.22. The zero-order valence-electron chi connectivity index (χ0n) is 14.8. The molecule has 1 aromatic heterocycles. The number of carbonyl (C=O) groups excluding carboxylic acids is 1. The standard InChI is InChI=1S/C22H14F2N2O2/c1-14-2-4-15(5-3-14)6-7-16-8-9-21(26-13-16)22(27)28-17-10-19(23)18(12-25)20(24)11-17/h2-11,13H,1H3/b7-6+. The minimum absolute atomic E-state index is 0.0161. The smallest absolute Gasteiger partial charge is 0.362 e. The third kappa shape index (κ3) is 4.46. The topological polar surface area (TPSA) is 63.0 Å². The minimum Gasteiger partial charge on any atom is -0.422 e. The third-order valence-corrected chi connectivity index (χ3v) is 3.88. The van der Waals surface area contributed by atoms with Gasteiger partial charge in [-0.05, 0) is 24.1 Å². The van der Waals surface area contributed by atoms with Gasteiger partial charge in [0.25, 0.3) is 0 Å². The number of rotatable bonds is 4. The predicted octanol–water partition coefficient (Wildman–Crippen LogP) is 4.93. The van der Waals surface area contributed by atoms with Gasteiger partial charge in [-0.15, -0.1) is 0 Å². The van der Waals surface area contributed by atoms with Crippen molar-refractivity contribution in [2.45, 2.75) is 6.92 Å². The van der Waals surface area contributed by atoms with E-state index in [0.717, 1.165) is 23.3 Å². The average Bonchev–Trinajstić information content (AvgIpc) is 2.68. The monoisotopic (exact) mass is 376 g/mol. The summed E-state index contributed by atoms with van der Waals surface area (Å²) in [5.74, 6) is -3.41. The van der Waals surface area contributed by atoms with Crippen LogP contribution in [0.25, 0.3) is 12.2 Å². The number of hydrogen-bond donors (Lipinski definition) is 0. The molecule has 138 valence electrons. The van der Waals surface area contributed by atoms with Crippen LogP contribution >= 0.6 is 0 Å². The summed E-state index contributed by atoms with van der Waals surface area (Å²) in [4.78, 5) is 16.1. The number of esters is 1. The Morgan fingerprint density at radius 1 is 1.04 bits per heavy atom. The van der Waals surface area contributed by atoms with Gasteiger partial charge in [0.2, 0.25) is 0 Å². The summed E-state index contributed by atoms with van der Waals surface area (Å²) in [6, 6.07) is 14.1. The Bertz CT molecular complexity index is 1060. The zero-order valence-corrected chi connectivity index (χ0v) is 14.8. The lowest BCUT2D eigenvalue weighted by molar-refractivity contribution is 0.0728. The first-order valence-corrected chi connectivity index (χ1v) is 8.28. The first-order valence-electron chi connectivity index (χ1n) is 8.28. The molecule has 0 aliphatic rings. The number of halogens is 2. The van der Waals surface area contributed by atoms with Gasteiger partial charge in [-0.25, -0.2) is 18.6 Å². The Kier molecular flexibility index (Phi) is 5.56. The first kappa shape index (κ1) is 18.9. The predicted molar refractivity (Wildman–Crippen MR) is 100 cm³/mol. The van der Waals surface area contributed by atoms with Crippen LogP contribution in [0.3, 0.4) is 0 Å². The summed E-state index contributed by atoms with van der Waals surface area (Å²) < 4.78 is 32.1. The molecule has 0 fully saturated rings. The molecule has 0 N–H and O–H groups in total. The summed E-state index contributed by atoms with van der Waals surface area (Å²) in [6.45, 7) is 2.01. The van der Waals surface area contributed by atoms with E-state index in [1.165, 1.54) is 23.9 Å². The number of benzene rings is 2. The van der Waals surface area contributed by atoms with Crippen molar-refractivity contribution in [1.82, 2.24) is 4.98 Å². The highest BCUT2D eigenvalue weighted by molar-refractivity contribution is 5.89. The molecule has 0 unspecified atom stereocenters. The zero-order chi connectivity index (χ0) is 20.1. The van der Waals surface area contributed by atoms with Gasteiger partial charge in [0, 0.05) is 18.3 Å². The van der Waals surface area contributed by atoms with E-state index in [0.29, 0.717) is 0 Å². The molecule has 3 rings (SSSR count). The van der Waals surface area contributed by atoms with Gasteiger partial charge >= 0.3 is 5.97 Å². The fraction of sp³-hybridized carbons (Fsp3) is 0.0455. The second-order valence-corrected chi connectivity index (χ2v) is 5.98. The highest BCUT2D eigenvalue weighted by Gasteiger charge is 2.15. The van der Waals surface area contributed by atoms with E-state index in [-0.39, 0.29) is 11.4 Å². The summed E-state index contributed by atoms with van der Waals surface area (Å²) in [7, 11) is 0. The van der Waals surface area contributed by atoms with E-state index in [2.05, 4.69) is 4.98 Å². The van der Waals surface area contributed by atoms with E-state index in [9.17, 15) is 13.6 Å². The lowest BCUT2D eigenvalue weighted by atomic mass is 10.1. The van der Waals surface area contributed by atoms with E-state index in [1.807, 2.05) is 43.3 Å². The van der Waals surface area contributed by atoms with Crippen LogP contribution in [0, 0.1) is 29.9 Å². The van der Waals surface area contributed by atoms with Gasteiger partial charge in [-0.2, -0.15) is 5.26 Å². The molecule has 0 aliphatic heterocycles. The molecule has 0 aliphatic carbocycles. The van der Waals surface area contributed by atoms with Gasteiger partial charge in [0.05, 0.1) is 0 Å². The SMILES string of the molecule is Cc1ccc(/C=C/c2ccc(C(=O)Oc3cc(F)c(C#N)c(F)c3)nc2)cc1. The van der Waals surface area contributed by atoms with Crippen molar-refractivity contribution in [3.8, 4) is 11.8 Å². The molecule has 3 aromatic rings. The van der Waals surface area contributed by atoms with Crippen LogP contribution in [0.1, 0.15) is 32.7 Å². The van der Waals surface area contributed by atoms with Crippen LogP contribution in [0.15, 0.2) is 54.7 Å². The van der Waals surface area contributed by atoms with Crippen LogP contribution in [0.5, 0.6) is 5.75 Å². The summed E-state index contributed by atoms with van der Waals surface area (Å²) in [6.07, 6.45) is 5.25. The molecule has 0 spiro atoms. The molecule has 6 heteroatoms. The van der Waals surface area contributed by atoms with Crippen LogP contribution in [-0.4, -0.2) is 11.0 Å². The molecule has 1 heterocycles. The summed E-state index contributed by atoms with van der Waals surface area (Å²) >= 11 is 0. The molecule has 2 aromatic carbocycles. The molecule has 0 bridgehead atoms. The fourth-order valence-corrected chi connectivity index (χ4v) is 2.37. The van der Waals surface area contributed by atoms with Gasteiger partial charge in [0.1, 0.15) is 34.7 Å². The Morgan fingerprint density at radius 3 is 2.21 bits per heavy atom. The number of aromatic nitrogens is 1. The molecule has 0 saturated carbocycles. The maximum absolute atomic E-state index is 13.6. The number of pyridine rings is 1. The van der Waals surface area contributed by atoms with E-state index < -0.39 is 23.2 Å². The Labute approximate surface area is 160 Å². The number of hydrogen-bond acceptors (Lipinski definition) is 4. The second-order valence-electron chi connectivity index (χ2n) is 5.98. The van der Waals surface area contributed by atoms with Crippen LogP contribution in [-0.2, 0) is 0 Å². The van der Waals surface area contributed by atoms with Crippen LogP contribution in [0.2, 0.25) is 0 Å². The molecular weight excluding hydrogens is 362 g/mol. The number of aryl methyl sites for hydroxylation is 1. The maximum Gasteiger partial charge on any atom is 0.362 e. The average molecular weight is 376 g/mol. The first-order chi connectivity index (χ1) is 13.5. The molecule has 0 amide bonds. The number of nitriles is 1.